The topological polar surface area (TPSA) is 83.8 Å². The van der Waals surface area contributed by atoms with Gasteiger partial charge in [0.25, 0.3) is 0 Å². The minimum absolute atomic E-state index is 0.114. The monoisotopic (exact) mass is 358 g/mol. The standard InChI is InChI=1S/C17H12ClFN4O2/c1-7(24)9-6-12-14(15-16(9)25-8(2)20-15)23-17(21-12)22-13-10(18)4-3-5-11(13)19/h3-6H,1-2H3,(H2,21,22,23). The van der Waals surface area contributed by atoms with Gasteiger partial charge in [-0.15, -0.1) is 0 Å². The van der Waals surface area contributed by atoms with Gasteiger partial charge in [0.05, 0.1) is 27.3 Å². The maximum absolute atomic E-state index is 14.0. The highest BCUT2D eigenvalue weighted by atomic mass is 35.5. The Kier molecular flexibility index (Phi) is 3.47. The van der Waals surface area contributed by atoms with Gasteiger partial charge < -0.3 is 14.7 Å². The third-order valence-corrected chi connectivity index (χ3v) is 4.13. The van der Waals surface area contributed by atoms with Crippen molar-refractivity contribution in [3.05, 3.63) is 46.6 Å². The Labute approximate surface area is 146 Å². The third-order valence-electron chi connectivity index (χ3n) is 3.81. The van der Waals surface area contributed by atoms with Gasteiger partial charge in [-0.3, -0.25) is 4.79 Å². The Balaban J connectivity index is 1.91. The van der Waals surface area contributed by atoms with Crippen molar-refractivity contribution >= 4 is 51.2 Å². The van der Waals surface area contributed by atoms with Gasteiger partial charge in [-0.2, -0.15) is 0 Å². The van der Waals surface area contributed by atoms with E-state index in [0.717, 1.165) is 0 Å². The lowest BCUT2D eigenvalue weighted by atomic mass is 10.1. The molecule has 0 aliphatic heterocycles. The van der Waals surface area contributed by atoms with Gasteiger partial charge in [-0.05, 0) is 25.1 Å². The number of hydrogen-bond acceptors (Lipinski definition) is 5. The molecule has 0 atom stereocenters. The molecule has 0 radical (unpaired) electrons. The molecule has 25 heavy (non-hydrogen) atoms. The normalized spacial score (nSPS) is 11.4. The largest absolute Gasteiger partial charge is 0.440 e. The highest BCUT2D eigenvalue weighted by Gasteiger charge is 2.19. The Morgan fingerprint density at radius 1 is 1.36 bits per heavy atom. The Bertz CT molecular complexity index is 1130. The number of fused-ring (bicyclic) bond motifs is 3. The molecule has 2 aromatic heterocycles. The fourth-order valence-electron chi connectivity index (χ4n) is 2.71. The number of benzene rings is 2. The predicted octanol–water partition coefficient (Wildman–Crippen LogP) is 4.75. The van der Waals surface area contributed by atoms with E-state index in [1.807, 2.05) is 0 Å². The van der Waals surface area contributed by atoms with E-state index in [-0.39, 0.29) is 22.4 Å². The van der Waals surface area contributed by atoms with Crippen LogP contribution in [0.25, 0.3) is 22.1 Å². The number of oxazole rings is 1. The molecule has 6 nitrogen and oxygen atoms in total. The van der Waals surface area contributed by atoms with Crippen LogP contribution in [0.2, 0.25) is 5.02 Å². The van der Waals surface area contributed by atoms with Crippen LogP contribution in [0.4, 0.5) is 16.0 Å². The molecule has 8 heteroatoms. The van der Waals surface area contributed by atoms with Crippen molar-refractivity contribution in [2.24, 2.45) is 0 Å². The maximum Gasteiger partial charge on any atom is 0.205 e. The van der Waals surface area contributed by atoms with Crippen LogP contribution >= 0.6 is 11.6 Å². The quantitative estimate of drug-likeness (QED) is 0.516. The predicted molar refractivity (Wildman–Crippen MR) is 93.1 cm³/mol. The number of nitrogens with zero attached hydrogens (tertiary/aromatic N) is 2. The molecule has 2 aromatic carbocycles. The van der Waals surface area contributed by atoms with Crippen LogP contribution in [0.5, 0.6) is 0 Å². The lowest BCUT2D eigenvalue weighted by Gasteiger charge is -2.05. The zero-order valence-corrected chi connectivity index (χ0v) is 14.0. The van der Waals surface area contributed by atoms with Crippen molar-refractivity contribution in [3.63, 3.8) is 0 Å². The number of imidazole rings is 1. The maximum atomic E-state index is 14.0. The lowest BCUT2D eigenvalue weighted by Crippen LogP contribution is -1.96. The van der Waals surface area contributed by atoms with Crippen LogP contribution < -0.4 is 5.32 Å². The summed E-state index contributed by atoms with van der Waals surface area (Å²) < 4.78 is 19.5. The molecule has 0 bridgehead atoms. The fourth-order valence-corrected chi connectivity index (χ4v) is 2.92. The van der Waals surface area contributed by atoms with E-state index in [1.54, 1.807) is 19.1 Å². The van der Waals surface area contributed by atoms with Gasteiger partial charge in [0.2, 0.25) is 5.95 Å². The minimum atomic E-state index is -0.500. The molecule has 0 saturated heterocycles. The van der Waals surface area contributed by atoms with Crippen LogP contribution in [-0.4, -0.2) is 20.7 Å². The molecule has 0 amide bonds. The van der Waals surface area contributed by atoms with Crippen LogP contribution in [-0.2, 0) is 0 Å². The van der Waals surface area contributed by atoms with Crippen molar-refractivity contribution in [1.82, 2.24) is 15.0 Å². The second kappa shape index (κ2) is 5.56. The Morgan fingerprint density at radius 2 is 2.16 bits per heavy atom. The van der Waals surface area contributed by atoms with E-state index < -0.39 is 5.82 Å². The number of anilines is 2. The summed E-state index contributed by atoms with van der Waals surface area (Å²) in [5.74, 6) is 0.0634. The summed E-state index contributed by atoms with van der Waals surface area (Å²) in [5.41, 5.74) is 2.51. The number of aromatic amines is 1. The van der Waals surface area contributed by atoms with Gasteiger partial charge in [0.15, 0.2) is 17.3 Å². The van der Waals surface area contributed by atoms with E-state index in [2.05, 4.69) is 20.3 Å². The van der Waals surface area contributed by atoms with Crippen molar-refractivity contribution < 1.29 is 13.6 Å². The van der Waals surface area contributed by atoms with E-state index >= 15 is 0 Å². The molecule has 4 rings (SSSR count). The van der Waals surface area contributed by atoms with Gasteiger partial charge in [0.1, 0.15) is 11.3 Å². The van der Waals surface area contributed by atoms with E-state index in [0.29, 0.717) is 33.6 Å². The number of Topliss-reactive ketones (excluding diaryl/α,β-unsaturated/α-hetero) is 1. The van der Waals surface area contributed by atoms with Crippen LogP contribution in [0.15, 0.2) is 28.7 Å². The molecule has 2 N–H and O–H groups in total. The molecular formula is C17H12ClFN4O2. The van der Waals surface area contributed by atoms with E-state index in [4.69, 9.17) is 16.0 Å². The summed E-state index contributed by atoms with van der Waals surface area (Å²) in [6.07, 6.45) is 0. The summed E-state index contributed by atoms with van der Waals surface area (Å²) in [6, 6.07) is 6.00. The molecule has 126 valence electrons. The van der Waals surface area contributed by atoms with Crippen LogP contribution in [0, 0.1) is 12.7 Å². The van der Waals surface area contributed by atoms with Crippen molar-refractivity contribution in [2.75, 3.05) is 5.32 Å². The number of H-pyrrole nitrogens is 1. The van der Waals surface area contributed by atoms with Gasteiger partial charge in [-0.25, -0.2) is 14.4 Å². The number of aromatic nitrogens is 3. The number of nitrogens with one attached hydrogen (secondary N) is 2. The number of para-hydroxylation sites is 1. The summed E-state index contributed by atoms with van der Waals surface area (Å²) >= 11 is 6.03. The number of halogens is 2. The van der Waals surface area contributed by atoms with Crippen molar-refractivity contribution in [3.8, 4) is 0 Å². The Morgan fingerprint density at radius 3 is 2.88 bits per heavy atom. The average molecular weight is 359 g/mol. The summed E-state index contributed by atoms with van der Waals surface area (Å²) in [7, 11) is 0. The number of ketones is 1. The molecule has 0 unspecified atom stereocenters. The molecular weight excluding hydrogens is 347 g/mol. The second-order valence-corrected chi connectivity index (χ2v) is 6.00. The number of rotatable bonds is 3. The van der Waals surface area contributed by atoms with Crippen molar-refractivity contribution in [1.29, 1.82) is 0 Å². The SMILES string of the molecule is CC(=O)c1cc2nc(Nc3c(F)cccc3Cl)[nH]c2c2nc(C)oc12. The smallest absolute Gasteiger partial charge is 0.205 e. The highest BCUT2D eigenvalue weighted by Crippen LogP contribution is 2.31. The van der Waals surface area contributed by atoms with E-state index in [9.17, 15) is 9.18 Å². The molecule has 0 spiro atoms. The first kappa shape index (κ1) is 15.6. The summed E-state index contributed by atoms with van der Waals surface area (Å²) in [5, 5.41) is 3.06. The molecule has 0 fully saturated rings. The first-order valence-corrected chi connectivity index (χ1v) is 7.83. The first-order chi connectivity index (χ1) is 11.9. The Hall–Kier alpha value is -2.93. The molecule has 0 aliphatic rings. The minimum Gasteiger partial charge on any atom is -0.440 e. The van der Waals surface area contributed by atoms with Gasteiger partial charge in [0, 0.05) is 6.92 Å². The average Bonchev–Trinajstić information content (AvgIpc) is 3.12. The van der Waals surface area contributed by atoms with Crippen LogP contribution in [0.3, 0.4) is 0 Å². The molecule has 2 heterocycles. The summed E-state index contributed by atoms with van der Waals surface area (Å²) in [4.78, 5) is 23.6. The summed E-state index contributed by atoms with van der Waals surface area (Å²) in [6.45, 7) is 3.15. The first-order valence-electron chi connectivity index (χ1n) is 7.46. The number of hydrogen-bond donors (Lipinski definition) is 2. The zero-order chi connectivity index (χ0) is 17.7. The highest BCUT2D eigenvalue weighted by molar-refractivity contribution is 6.33. The third kappa shape index (κ3) is 2.53. The van der Waals surface area contributed by atoms with Gasteiger partial charge in [-0.1, -0.05) is 17.7 Å². The van der Waals surface area contributed by atoms with Gasteiger partial charge >= 0.3 is 0 Å². The zero-order valence-electron chi connectivity index (χ0n) is 13.3. The fraction of sp³-hybridized carbons (Fsp3) is 0.118. The lowest BCUT2D eigenvalue weighted by molar-refractivity contribution is 0.101. The molecule has 0 aliphatic carbocycles. The number of aryl methyl sites for hydroxylation is 1. The molecule has 4 aromatic rings. The molecule has 0 saturated carbocycles. The van der Waals surface area contributed by atoms with Crippen molar-refractivity contribution in [2.45, 2.75) is 13.8 Å². The van der Waals surface area contributed by atoms with E-state index in [1.165, 1.54) is 19.1 Å². The number of carbonyl (C=O) groups is 1. The van der Waals surface area contributed by atoms with Crippen LogP contribution in [0.1, 0.15) is 23.2 Å². The number of carbonyl (C=O) groups excluding carboxylic acids is 1. The second-order valence-electron chi connectivity index (χ2n) is 5.59.